The van der Waals surface area contributed by atoms with Gasteiger partial charge in [0, 0.05) is 0 Å². The Morgan fingerprint density at radius 2 is 1.79 bits per heavy atom. The first-order valence-electron chi connectivity index (χ1n) is 3.33. The number of aromatic nitrogens is 2. The number of imide groups is 1. The van der Waals surface area contributed by atoms with E-state index in [0.717, 1.165) is 16.2 Å². The van der Waals surface area contributed by atoms with Crippen LogP contribution in [0.5, 0.6) is 0 Å². The average Bonchev–Trinajstić information content (AvgIpc) is 2.73. The molecule has 0 unspecified atom stereocenters. The van der Waals surface area contributed by atoms with Crippen molar-refractivity contribution in [3.63, 3.8) is 0 Å². The molecule has 1 aromatic heterocycles. The Hall–Kier alpha value is -0.980. The molecule has 0 bridgehead atoms. The molecule has 2 rings (SSSR count). The fraction of sp³-hybridized carbons (Fsp3) is 0. The lowest BCUT2D eigenvalue weighted by molar-refractivity contribution is -0.120. The van der Waals surface area contributed by atoms with Crippen LogP contribution >= 0.6 is 34.5 Å². The summed E-state index contributed by atoms with van der Waals surface area (Å²) in [5.41, 5.74) is 1.40. The maximum absolute atomic E-state index is 11.4. The molecule has 1 aliphatic rings. The van der Waals surface area contributed by atoms with Crippen LogP contribution in [0.1, 0.15) is 0 Å². The van der Waals surface area contributed by atoms with Crippen LogP contribution in [0.25, 0.3) is 0 Å². The van der Waals surface area contributed by atoms with Crippen molar-refractivity contribution in [2.75, 3.05) is 4.90 Å². The number of carbonyl (C=O) groups is 2. The zero-order chi connectivity index (χ0) is 10.3. The summed E-state index contributed by atoms with van der Waals surface area (Å²) >= 11 is 12.1. The van der Waals surface area contributed by atoms with Crippen molar-refractivity contribution in [1.82, 2.24) is 10.2 Å². The summed E-state index contributed by atoms with van der Waals surface area (Å²) in [6.45, 7) is 0. The maximum atomic E-state index is 11.4. The van der Waals surface area contributed by atoms with E-state index in [9.17, 15) is 9.59 Å². The molecule has 1 aliphatic heterocycles. The number of amides is 2. The second-order valence-corrected chi connectivity index (χ2v) is 3.86. The van der Waals surface area contributed by atoms with Crippen LogP contribution in [-0.2, 0) is 9.59 Å². The third-order valence-electron chi connectivity index (χ3n) is 1.51. The topological polar surface area (TPSA) is 63.2 Å². The number of rotatable bonds is 1. The van der Waals surface area contributed by atoms with Crippen LogP contribution < -0.4 is 4.90 Å². The second kappa shape index (κ2) is 3.30. The van der Waals surface area contributed by atoms with Crippen molar-refractivity contribution < 1.29 is 9.59 Å². The van der Waals surface area contributed by atoms with Gasteiger partial charge in [-0.15, -0.1) is 10.2 Å². The number of hydrogen-bond acceptors (Lipinski definition) is 5. The Morgan fingerprint density at radius 3 is 2.21 bits per heavy atom. The van der Waals surface area contributed by atoms with Crippen molar-refractivity contribution in [3.05, 3.63) is 15.6 Å². The number of anilines is 1. The van der Waals surface area contributed by atoms with Crippen molar-refractivity contribution in [1.29, 1.82) is 0 Å². The van der Waals surface area contributed by atoms with Gasteiger partial charge in [-0.25, -0.2) is 4.90 Å². The van der Waals surface area contributed by atoms with Crippen molar-refractivity contribution in [2.45, 2.75) is 0 Å². The first-order chi connectivity index (χ1) is 6.63. The largest absolute Gasteiger partial charge is 0.280 e. The highest BCUT2D eigenvalue weighted by Crippen LogP contribution is 2.31. The molecule has 0 saturated heterocycles. The number of halogens is 2. The molecule has 14 heavy (non-hydrogen) atoms. The highest BCUT2D eigenvalue weighted by atomic mass is 35.5. The molecule has 1 aromatic rings. The fourth-order valence-electron chi connectivity index (χ4n) is 0.915. The van der Waals surface area contributed by atoms with Gasteiger partial charge in [0.15, 0.2) is 0 Å². The van der Waals surface area contributed by atoms with Gasteiger partial charge >= 0.3 is 0 Å². The highest BCUT2D eigenvalue weighted by Gasteiger charge is 2.39. The van der Waals surface area contributed by atoms with Crippen LogP contribution in [0.2, 0.25) is 0 Å². The molecule has 2 amide bonds. The molecule has 0 fully saturated rings. The summed E-state index contributed by atoms with van der Waals surface area (Å²) in [7, 11) is 0. The smallest absolute Gasteiger partial charge is 0.267 e. The lowest BCUT2D eigenvalue weighted by Gasteiger charge is -2.07. The molecule has 2 heterocycles. The molecular formula is C6HCl2N3O2S. The average molecular weight is 250 g/mol. The maximum Gasteiger partial charge on any atom is 0.280 e. The molecule has 0 saturated carbocycles. The minimum Gasteiger partial charge on any atom is -0.267 e. The Morgan fingerprint density at radius 1 is 1.21 bits per heavy atom. The van der Waals surface area contributed by atoms with Gasteiger partial charge in [-0.1, -0.05) is 34.5 Å². The molecule has 0 spiro atoms. The number of carbonyl (C=O) groups excluding carboxylic acids is 2. The zero-order valence-electron chi connectivity index (χ0n) is 6.40. The van der Waals surface area contributed by atoms with Crippen LogP contribution in [0.15, 0.2) is 15.6 Å². The van der Waals surface area contributed by atoms with E-state index in [2.05, 4.69) is 10.2 Å². The second-order valence-electron chi connectivity index (χ2n) is 2.29. The van der Waals surface area contributed by atoms with Gasteiger partial charge in [0.25, 0.3) is 11.8 Å². The lowest BCUT2D eigenvalue weighted by Crippen LogP contribution is -2.30. The SMILES string of the molecule is O=C1C(Cl)=C(Cl)C(=O)N1c1nncs1. The molecule has 8 heteroatoms. The van der Waals surface area contributed by atoms with Gasteiger partial charge in [-0.2, -0.15) is 0 Å². The van der Waals surface area contributed by atoms with Crippen LogP contribution in [0.4, 0.5) is 5.13 Å². The third kappa shape index (κ3) is 1.23. The summed E-state index contributed by atoms with van der Waals surface area (Å²) in [4.78, 5) is 23.6. The molecule has 0 N–H and O–H groups in total. The van der Waals surface area contributed by atoms with E-state index in [-0.39, 0.29) is 15.2 Å². The van der Waals surface area contributed by atoms with E-state index < -0.39 is 11.8 Å². The van der Waals surface area contributed by atoms with Crippen LogP contribution in [0, 0.1) is 0 Å². The van der Waals surface area contributed by atoms with E-state index in [1.54, 1.807) is 0 Å². The summed E-state index contributed by atoms with van der Waals surface area (Å²) < 4.78 is 0. The molecule has 0 radical (unpaired) electrons. The van der Waals surface area contributed by atoms with E-state index in [1.165, 1.54) is 5.51 Å². The first kappa shape index (κ1) is 9.57. The quantitative estimate of drug-likeness (QED) is 0.700. The number of hydrogen-bond donors (Lipinski definition) is 0. The van der Waals surface area contributed by atoms with Crippen molar-refractivity contribution in [3.8, 4) is 0 Å². The van der Waals surface area contributed by atoms with Gasteiger partial charge < -0.3 is 0 Å². The summed E-state index contributed by atoms with van der Waals surface area (Å²) in [6.07, 6.45) is 0. The van der Waals surface area contributed by atoms with Gasteiger partial charge in [0.2, 0.25) is 5.13 Å². The van der Waals surface area contributed by atoms with Crippen LogP contribution in [0.3, 0.4) is 0 Å². The van der Waals surface area contributed by atoms with E-state index in [1.807, 2.05) is 0 Å². The zero-order valence-corrected chi connectivity index (χ0v) is 8.73. The molecule has 5 nitrogen and oxygen atoms in total. The minimum atomic E-state index is -0.668. The Kier molecular flexibility index (Phi) is 2.26. The molecule has 72 valence electrons. The first-order valence-corrected chi connectivity index (χ1v) is 4.96. The third-order valence-corrected chi connectivity index (χ3v) is 2.99. The van der Waals surface area contributed by atoms with Gasteiger partial charge in [-0.3, -0.25) is 9.59 Å². The molecule has 0 atom stereocenters. The predicted molar refractivity (Wildman–Crippen MR) is 51.1 cm³/mol. The van der Waals surface area contributed by atoms with Gasteiger partial charge in [-0.05, 0) is 0 Å². The number of nitrogens with zero attached hydrogens (tertiary/aromatic N) is 3. The van der Waals surface area contributed by atoms with Crippen molar-refractivity contribution >= 4 is 51.5 Å². The van der Waals surface area contributed by atoms with Crippen molar-refractivity contribution in [2.24, 2.45) is 0 Å². The fourth-order valence-corrected chi connectivity index (χ4v) is 1.80. The van der Waals surface area contributed by atoms with E-state index in [4.69, 9.17) is 23.2 Å². The summed E-state index contributed by atoms with van der Waals surface area (Å²) in [6, 6.07) is 0. The summed E-state index contributed by atoms with van der Waals surface area (Å²) in [5, 5.41) is 6.67. The molecular weight excluding hydrogens is 249 g/mol. The molecule has 0 aromatic carbocycles. The summed E-state index contributed by atoms with van der Waals surface area (Å²) in [5.74, 6) is -1.34. The van der Waals surface area contributed by atoms with E-state index >= 15 is 0 Å². The minimum absolute atomic E-state index is 0.161. The monoisotopic (exact) mass is 249 g/mol. The molecule has 0 aliphatic carbocycles. The predicted octanol–water partition coefficient (Wildman–Crippen LogP) is 1.10. The van der Waals surface area contributed by atoms with E-state index in [0.29, 0.717) is 0 Å². The van der Waals surface area contributed by atoms with Crippen LogP contribution in [-0.4, -0.2) is 22.0 Å². The van der Waals surface area contributed by atoms with Gasteiger partial charge in [0.1, 0.15) is 15.6 Å². The Labute approximate surface area is 91.9 Å². The Balaban J connectivity index is 2.44. The Bertz CT molecular complexity index is 418. The highest BCUT2D eigenvalue weighted by molar-refractivity contribution is 7.13. The van der Waals surface area contributed by atoms with Gasteiger partial charge in [0.05, 0.1) is 0 Å². The lowest BCUT2D eigenvalue weighted by atomic mass is 10.5. The standard InChI is InChI=1S/C6HCl2N3O2S/c7-2-3(8)5(13)11(4(2)12)6-10-9-1-14-6/h1H. The normalized spacial score (nSPS) is 17.1.